The van der Waals surface area contributed by atoms with E-state index in [9.17, 15) is 9.36 Å². The van der Waals surface area contributed by atoms with Gasteiger partial charge >= 0.3 is 13.7 Å². The molecular formula is C20H27N6O6P. The number of nitrogens with zero attached hydrogens (tertiary/aromatic N) is 4. The smallest absolute Gasteiger partial charge is 0.459 e. The Morgan fingerprint density at radius 3 is 2.67 bits per heavy atom. The van der Waals surface area contributed by atoms with Gasteiger partial charge in [-0.3, -0.25) is 9.32 Å². The number of methoxy groups -OCH3 is 1. The van der Waals surface area contributed by atoms with Crippen molar-refractivity contribution in [2.45, 2.75) is 32.5 Å². The Morgan fingerprint density at radius 2 is 1.94 bits per heavy atom. The number of carbonyl (C=O) groups excluding carboxylic acids is 1. The molecule has 2 aromatic heterocycles. The highest BCUT2D eigenvalue weighted by Gasteiger charge is 2.34. The van der Waals surface area contributed by atoms with Gasteiger partial charge in [-0.05, 0) is 26.0 Å². The molecule has 1 aromatic carbocycles. The summed E-state index contributed by atoms with van der Waals surface area (Å²) in [6.45, 7) is 3.77. The second kappa shape index (κ2) is 11.2. The van der Waals surface area contributed by atoms with Gasteiger partial charge in [0.05, 0.1) is 25.6 Å². The molecule has 2 heterocycles. The van der Waals surface area contributed by atoms with Crippen LogP contribution in [0.1, 0.15) is 13.8 Å². The fourth-order valence-corrected chi connectivity index (χ4v) is 4.59. The van der Waals surface area contributed by atoms with Gasteiger partial charge in [0, 0.05) is 7.11 Å². The summed E-state index contributed by atoms with van der Waals surface area (Å²) in [5, 5.41) is 2.65. The van der Waals surface area contributed by atoms with Gasteiger partial charge < -0.3 is 24.3 Å². The molecule has 0 spiro atoms. The number of anilines is 1. The van der Waals surface area contributed by atoms with Crippen LogP contribution in [0.15, 0.2) is 43.0 Å². The number of hydrogen-bond acceptors (Lipinski definition) is 10. The van der Waals surface area contributed by atoms with E-state index in [2.05, 4.69) is 20.0 Å². The molecule has 3 atom stereocenters. The maximum atomic E-state index is 13.6. The van der Waals surface area contributed by atoms with Crippen molar-refractivity contribution >= 4 is 30.7 Å². The summed E-state index contributed by atoms with van der Waals surface area (Å²) in [6.07, 6.45) is 2.25. The number of nitrogens with one attached hydrogen (secondary N) is 1. The molecule has 1 unspecified atom stereocenters. The first-order valence-electron chi connectivity index (χ1n) is 10.2. The number of nitrogen functional groups attached to an aromatic ring is 1. The summed E-state index contributed by atoms with van der Waals surface area (Å²) in [7, 11) is -2.51. The normalized spacial score (nSPS) is 15.0. The summed E-state index contributed by atoms with van der Waals surface area (Å²) in [5.74, 6) is -0.0464. The first-order valence-corrected chi connectivity index (χ1v) is 11.7. The molecule has 33 heavy (non-hydrogen) atoms. The minimum absolute atomic E-state index is 0.0706. The molecule has 0 saturated carbocycles. The third-order valence-electron chi connectivity index (χ3n) is 4.41. The predicted molar refractivity (Wildman–Crippen MR) is 120 cm³/mol. The van der Waals surface area contributed by atoms with E-state index in [1.54, 1.807) is 48.1 Å². The van der Waals surface area contributed by atoms with Crippen LogP contribution in [0.2, 0.25) is 0 Å². The fraction of sp³-hybridized carbons (Fsp3) is 0.400. The van der Waals surface area contributed by atoms with E-state index in [-0.39, 0.29) is 25.6 Å². The number of imidazole rings is 1. The molecule has 0 aliphatic heterocycles. The SMILES string of the molecule is COCCOC(=O)[C@H](C)NP(=O)(Oc1ccccc1)O[C@H](C)Cn1cnc2c(N)ncnc21. The zero-order valence-electron chi connectivity index (χ0n) is 18.6. The largest absolute Gasteiger partial charge is 0.462 e. The van der Waals surface area contributed by atoms with Crippen molar-refractivity contribution in [2.24, 2.45) is 0 Å². The lowest BCUT2D eigenvalue weighted by atomic mass is 10.3. The second-order valence-electron chi connectivity index (χ2n) is 7.16. The summed E-state index contributed by atoms with van der Waals surface area (Å²) >= 11 is 0. The molecule has 0 fully saturated rings. The molecule has 0 bridgehead atoms. The van der Waals surface area contributed by atoms with Crippen molar-refractivity contribution in [3.63, 3.8) is 0 Å². The van der Waals surface area contributed by atoms with E-state index in [1.165, 1.54) is 20.4 Å². The van der Waals surface area contributed by atoms with Crippen molar-refractivity contribution in [1.29, 1.82) is 0 Å². The van der Waals surface area contributed by atoms with Crippen molar-refractivity contribution < 1.29 is 27.9 Å². The van der Waals surface area contributed by atoms with Crippen molar-refractivity contribution in [1.82, 2.24) is 24.6 Å². The molecule has 13 heteroatoms. The van der Waals surface area contributed by atoms with Crippen LogP contribution in [0.25, 0.3) is 11.2 Å². The van der Waals surface area contributed by atoms with E-state index in [4.69, 9.17) is 24.3 Å². The third-order valence-corrected chi connectivity index (χ3v) is 6.20. The number of para-hydroxylation sites is 1. The number of ether oxygens (including phenoxy) is 2. The van der Waals surface area contributed by atoms with Gasteiger partial charge in [-0.1, -0.05) is 18.2 Å². The van der Waals surface area contributed by atoms with Crippen molar-refractivity contribution in [3.05, 3.63) is 43.0 Å². The molecule has 178 valence electrons. The Kier molecular flexibility index (Phi) is 8.34. The lowest BCUT2D eigenvalue weighted by Crippen LogP contribution is -2.36. The topological polar surface area (TPSA) is 153 Å². The number of benzene rings is 1. The quantitative estimate of drug-likeness (QED) is 0.224. The minimum Gasteiger partial charge on any atom is -0.462 e. The van der Waals surface area contributed by atoms with Crippen molar-refractivity contribution in [3.8, 4) is 5.75 Å². The maximum absolute atomic E-state index is 13.6. The van der Waals surface area contributed by atoms with Gasteiger partial charge in [0.1, 0.15) is 30.2 Å². The number of aromatic nitrogens is 4. The Labute approximate surface area is 191 Å². The average molecular weight is 478 g/mol. The number of carbonyl (C=O) groups is 1. The van der Waals surface area contributed by atoms with Gasteiger partial charge in [-0.25, -0.2) is 19.5 Å². The third kappa shape index (κ3) is 6.72. The van der Waals surface area contributed by atoms with Crippen LogP contribution in [0.3, 0.4) is 0 Å². The lowest BCUT2D eigenvalue weighted by molar-refractivity contribution is -0.146. The van der Waals surface area contributed by atoms with Gasteiger partial charge in [-0.15, -0.1) is 0 Å². The summed E-state index contributed by atoms with van der Waals surface area (Å²) < 4.78 is 36.8. The summed E-state index contributed by atoms with van der Waals surface area (Å²) in [4.78, 5) is 24.6. The van der Waals surface area contributed by atoms with E-state index in [0.717, 1.165) is 0 Å². The molecule has 0 aliphatic rings. The number of esters is 1. The number of nitrogens with two attached hydrogens (primary N) is 1. The van der Waals surface area contributed by atoms with Gasteiger partial charge in [0.15, 0.2) is 11.5 Å². The second-order valence-corrected chi connectivity index (χ2v) is 8.80. The Morgan fingerprint density at radius 1 is 1.18 bits per heavy atom. The maximum Gasteiger partial charge on any atom is 0.459 e. The first kappa shape index (κ1) is 24.6. The monoisotopic (exact) mass is 478 g/mol. The molecule has 3 rings (SSSR count). The fourth-order valence-electron chi connectivity index (χ4n) is 2.92. The lowest BCUT2D eigenvalue weighted by Gasteiger charge is -2.25. The zero-order valence-corrected chi connectivity index (χ0v) is 19.5. The molecular weight excluding hydrogens is 451 g/mol. The van der Waals surface area contributed by atoms with E-state index >= 15 is 0 Å². The Bertz CT molecular complexity index is 1110. The van der Waals surface area contributed by atoms with Crippen molar-refractivity contribution in [2.75, 3.05) is 26.1 Å². The van der Waals surface area contributed by atoms with Crippen LogP contribution in [-0.4, -0.2) is 58.0 Å². The number of hydrogen-bond donors (Lipinski definition) is 2. The molecule has 3 N–H and O–H groups in total. The highest BCUT2D eigenvalue weighted by atomic mass is 31.2. The first-order chi connectivity index (χ1) is 15.8. The molecule has 0 radical (unpaired) electrons. The molecule has 0 aliphatic carbocycles. The van der Waals surface area contributed by atoms with Crippen LogP contribution < -0.4 is 15.3 Å². The van der Waals surface area contributed by atoms with Crippen LogP contribution in [-0.2, 0) is 29.9 Å². The van der Waals surface area contributed by atoms with Gasteiger partial charge in [0.2, 0.25) is 0 Å². The van der Waals surface area contributed by atoms with E-state index in [0.29, 0.717) is 16.9 Å². The van der Waals surface area contributed by atoms with Crippen LogP contribution >= 0.6 is 7.75 Å². The molecule has 3 aromatic rings. The van der Waals surface area contributed by atoms with E-state index < -0.39 is 25.9 Å². The average Bonchev–Trinajstić information content (AvgIpc) is 3.18. The van der Waals surface area contributed by atoms with Crippen LogP contribution in [0, 0.1) is 0 Å². The predicted octanol–water partition coefficient (Wildman–Crippen LogP) is 2.17. The van der Waals surface area contributed by atoms with Gasteiger partial charge in [-0.2, -0.15) is 5.09 Å². The Balaban J connectivity index is 1.74. The highest BCUT2D eigenvalue weighted by molar-refractivity contribution is 7.52. The van der Waals surface area contributed by atoms with E-state index in [1.807, 2.05) is 0 Å². The number of rotatable bonds is 12. The Hall–Kier alpha value is -3.05. The molecule has 12 nitrogen and oxygen atoms in total. The zero-order chi connectivity index (χ0) is 23.8. The van der Waals surface area contributed by atoms with Gasteiger partial charge in [0.25, 0.3) is 0 Å². The highest BCUT2D eigenvalue weighted by Crippen LogP contribution is 2.46. The summed E-state index contributed by atoms with van der Waals surface area (Å²) in [5.41, 5.74) is 6.80. The molecule has 0 amide bonds. The number of fused-ring (bicyclic) bond motifs is 1. The standard InChI is InChI=1S/C20H27N6O6P/c1-14(11-26-13-24-17-18(21)22-12-23-19(17)26)31-33(28,32-16-7-5-4-6-8-16)25-15(2)20(27)30-10-9-29-3/h4-8,12-15H,9-11H2,1-3H3,(H,25,28)(H2,21,22,23)/t14-,15+,33?/m1/s1. The van der Waals surface area contributed by atoms with Crippen LogP contribution in [0.4, 0.5) is 5.82 Å². The minimum atomic E-state index is -4.01. The molecule has 0 saturated heterocycles. The van der Waals surface area contributed by atoms with Crippen LogP contribution in [0.5, 0.6) is 5.75 Å². The summed E-state index contributed by atoms with van der Waals surface area (Å²) in [6, 6.07) is 7.55.